The van der Waals surface area contributed by atoms with Crippen molar-refractivity contribution in [1.82, 2.24) is 10.2 Å². The Morgan fingerprint density at radius 2 is 1.86 bits per heavy atom. The van der Waals surface area contributed by atoms with Crippen LogP contribution in [0.25, 0.3) is 0 Å². The van der Waals surface area contributed by atoms with Gasteiger partial charge in [-0.05, 0) is 50.5 Å². The lowest BCUT2D eigenvalue weighted by molar-refractivity contribution is 0.209. The van der Waals surface area contributed by atoms with Crippen LogP contribution in [0.1, 0.15) is 32.3 Å². The first-order valence-electron chi connectivity index (χ1n) is 8.13. The van der Waals surface area contributed by atoms with Crippen LogP contribution >= 0.6 is 0 Å². The normalized spacial score (nSPS) is 20.3. The van der Waals surface area contributed by atoms with E-state index in [1.165, 1.54) is 12.8 Å². The molecule has 116 valence electrons. The van der Waals surface area contributed by atoms with Gasteiger partial charge in [0.15, 0.2) is 0 Å². The predicted molar refractivity (Wildman–Crippen MR) is 85.2 cm³/mol. The molecular formula is C17H26FN3. The summed E-state index contributed by atoms with van der Waals surface area (Å²) in [6, 6.07) is 6.72. The third-order valence-electron chi connectivity index (χ3n) is 4.52. The first-order valence-corrected chi connectivity index (χ1v) is 8.13. The van der Waals surface area contributed by atoms with Crippen molar-refractivity contribution in [2.45, 2.75) is 45.3 Å². The molecule has 3 rings (SSSR count). The summed E-state index contributed by atoms with van der Waals surface area (Å²) >= 11 is 0. The fraction of sp³-hybridized carbons (Fsp3) is 0.647. The standard InChI is InChI=1S/C17H26FN3/c1-13(2)20-5-7-21(8-6-20)17-10-14(9-15(18)11-17)12-19-16-3-4-16/h9-11,13,16,19H,3-8,12H2,1-2H3. The van der Waals surface area contributed by atoms with Gasteiger partial charge in [-0.1, -0.05) is 0 Å². The highest BCUT2D eigenvalue weighted by Gasteiger charge is 2.21. The fourth-order valence-electron chi connectivity index (χ4n) is 2.96. The van der Waals surface area contributed by atoms with Gasteiger partial charge in [-0.25, -0.2) is 4.39 Å². The van der Waals surface area contributed by atoms with Crippen molar-refractivity contribution >= 4 is 5.69 Å². The number of anilines is 1. The van der Waals surface area contributed by atoms with Crippen LogP contribution in [0, 0.1) is 5.82 Å². The van der Waals surface area contributed by atoms with Crippen LogP contribution in [0.15, 0.2) is 18.2 Å². The lowest BCUT2D eigenvalue weighted by atomic mass is 10.1. The van der Waals surface area contributed by atoms with Crippen molar-refractivity contribution in [3.8, 4) is 0 Å². The number of halogens is 1. The van der Waals surface area contributed by atoms with Crippen LogP contribution in [0.4, 0.5) is 10.1 Å². The minimum atomic E-state index is -0.119. The van der Waals surface area contributed by atoms with Crippen molar-refractivity contribution in [3.63, 3.8) is 0 Å². The van der Waals surface area contributed by atoms with E-state index in [0.29, 0.717) is 12.1 Å². The maximum atomic E-state index is 13.9. The van der Waals surface area contributed by atoms with Crippen LogP contribution in [0.3, 0.4) is 0 Å². The molecule has 3 nitrogen and oxygen atoms in total. The number of piperazine rings is 1. The average molecular weight is 291 g/mol. The Kier molecular flexibility index (Phi) is 4.45. The van der Waals surface area contributed by atoms with E-state index in [-0.39, 0.29) is 5.82 Å². The molecule has 0 amide bonds. The maximum absolute atomic E-state index is 13.9. The Bertz CT molecular complexity index is 477. The van der Waals surface area contributed by atoms with E-state index in [2.05, 4.69) is 35.0 Å². The molecule has 1 N–H and O–H groups in total. The van der Waals surface area contributed by atoms with E-state index < -0.39 is 0 Å². The van der Waals surface area contributed by atoms with Gasteiger partial charge in [-0.3, -0.25) is 4.90 Å². The Balaban J connectivity index is 1.64. The molecule has 1 aromatic rings. The highest BCUT2D eigenvalue weighted by Crippen LogP contribution is 2.23. The first kappa shape index (κ1) is 14.8. The van der Waals surface area contributed by atoms with Crippen LogP contribution in [0.5, 0.6) is 0 Å². The van der Waals surface area contributed by atoms with Crippen molar-refractivity contribution in [1.29, 1.82) is 0 Å². The molecule has 1 aromatic carbocycles. The molecule has 4 heteroatoms. The quantitative estimate of drug-likeness (QED) is 0.899. The van der Waals surface area contributed by atoms with Crippen LogP contribution < -0.4 is 10.2 Å². The third-order valence-corrected chi connectivity index (χ3v) is 4.52. The first-order chi connectivity index (χ1) is 10.1. The van der Waals surface area contributed by atoms with E-state index in [1.54, 1.807) is 12.1 Å². The Labute approximate surface area is 127 Å². The Morgan fingerprint density at radius 3 is 2.48 bits per heavy atom. The molecule has 2 aliphatic rings. The third kappa shape index (κ3) is 3.95. The summed E-state index contributed by atoms with van der Waals surface area (Å²) in [5.74, 6) is -0.119. The molecular weight excluding hydrogens is 265 g/mol. The van der Waals surface area contributed by atoms with Crippen molar-refractivity contribution < 1.29 is 4.39 Å². The summed E-state index contributed by atoms with van der Waals surface area (Å²) in [5, 5.41) is 3.46. The van der Waals surface area contributed by atoms with Crippen molar-refractivity contribution in [3.05, 3.63) is 29.6 Å². The van der Waals surface area contributed by atoms with E-state index in [0.717, 1.165) is 44.0 Å². The average Bonchev–Trinajstić information content (AvgIpc) is 3.29. The summed E-state index contributed by atoms with van der Waals surface area (Å²) in [7, 11) is 0. The van der Waals surface area contributed by atoms with E-state index in [1.807, 2.05) is 0 Å². The van der Waals surface area contributed by atoms with Gasteiger partial charge in [0.05, 0.1) is 0 Å². The second-order valence-corrected chi connectivity index (χ2v) is 6.59. The summed E-state index contributed by atoms with van der Waals surface area (Å²) in [5.41, 5.74) is 2.09. The molecule has 2 fully saturated rings. The lowest BCUT2D eigenvalue weighted by Gasteiger charge is -2.38. The molecule has 1 aliphatic heterocycles. The van der Waals surface area contributed by atoms with Gasteiger partial charge in [-0.2, -0.15) is 0 Å². The summed E-state index contributed by atoms with van der Waals surface area (Å²) in [4.78, 5) is 4.79. The highest BCUT2D eigenvalue weighted by atomic mass is 19.1. The van der Waals surface area contributed by atoms with Crippen LogP contribution in [0.2, 0.25) is 0 Å². The van der Waals surface area contributed by atoms with Gasteiger partial charge >= 0.3 is 0 Å². The number of nitrogens with zero attached hydrogens (tertiary/aromatic N) is 2. The number of hydrogen-bond acceptors (Lipinski definition) is 3. The molecule has 0 aromatic heterocycles. The molecule has 1 saturated carbocycles. The Hall–Kier alpha value is -1.13. The number of hydrogen-bond donors (Lipinski definition) is 1. The van der Waals surface area contributed by atoms with Gasteiger partial charge in [0.2, 0.25) is 0 Å². The van der Waals surface area contributed by atoms with E-state index in [9.17, 15) is 4.39 Å². The van der Waals surface area contributed by atoms with Crippen molar-refractivity contribution in [2.75, 3.05) is 31.1 Å². The summed E-state index contributed by atoms with van der Waals surface area (Å²) in [6.45, 7) is 9.34. The van der Waals surface area contributed by atoms with E-state index in [4.69, 9.17) is 0 Å². The highest BCUT2D eigenvalue weighted by molar-refractivity contribution is 5.49. The number of nitrogens with one attached hydrogen (secondary N) is 1. The monoisotopic (exact) mass is 291 g/mol. The molecule has 0 bridgehead atoms. The second-order valence-electron chi connectivity index (χ2n) is 6.59. The molecule has 1 aliphatic carbocycles. The van der Waals surface area contributed by atoms with Gasteiger partial charge in [0.1, 0.15) is 5.82 Å². The molecule has 0 unspecified atom stereocenters. The predicted octanol–water partition coefficient (Wildman–Crippen LogP) is 2.61. The molecule has 0 radical (unpaired) electrons. The Morgan fingerprint density at radius 1 is 1.14 bits per heavy atom. The zero-order valence-electron chi connectivity index (χ0n) is 13.1. The smallest absolute Gasteiger partial charge is 0.125 e. The molecule has 1 saturated heterocycles. The zero-order chi connectivity index (χ0) is 14.8. The zero-order valence-corrected chi connectivity index (χ0v) is 13.1. The summed E-state index contributed by atoms with van der Waals surface area (Å²) in [6.07, 6.45) is 2.53. The summed E-state index contributed by atoms with van der Waals surface area (Å²) < 4.78 is 13.9. The van der Waals surface area contributed by atoms with Gasteiger partial charge in [-0.15, -0.1) is 0 Å². The molecule has 21 heavy (non-hydrogen) atoms. The van der Waals surface area contributed by atoms with Crippen LogP contribution in [-0.2, 0) is 6.54 Å². The van der Waals surface area contributed by atoms with Crippen LogP contribution in [-0.4, -0.2) is 43.2 Å². The van der Waals surface area contributed by atoms with Gasteiger partial charge < -0.3 is 10.2 Å². The molecule has 0 spiro atoms. The largest absolute Gasteiger partial charge is 0.369 e. The number of benzene rings is 1. The molecule has 1 heterocycles. The van der Waals surface area contributed by atoms with Gasteiger partial charge in [0, 0.05) is 50.5 Å². The van der Waals surface area contributed by atoms with E-state index >= 15 is 0 Å². The minimum absolute atomic E-state index is 0.119. The lowest BCUT2D eigenvalue weighted by Crippen LogP contribution is -2.48. The fourth-order valence-corrected chi connectivity index (χ4v) is 2.96. The van der Waals surface area contributed by atoms with Gasteiger partial charge in [0.25, 0.3) is 0 Å². The topological polar surface area (TPSA) is 18.5 Å². The minimum Gasteiger partial charge on any atom is -0.369 e. The van der Waals surface area contributed by atoms with Crippen molar-refractivity contribution in [2.24, 2.45) is 0 Å². The SMILES string of the molecule is CC(C)N1CCN(c2cc(F)cc(CNC3CC3)c2)CC1. The molecule has 0 atom stereocenters. The second kappa shape index (κ2) is 6.32. The maximum Gasteiger partial charge on any atom is 0.125 e. The number of rotatable bonds is 5.